The molecule has 4 rings (SSSR count). The number of pyridine rings is 1. The van der Waals surface area contributed by atoms with Crippen molar-refractivity contribution in [2.75, 3.05) is 26.7 Å². The van der Waals surface area contributed by atoms with E-state index in [1.165, 1.54) is 11.1 Å². The van der Waals surface area contributed by atoms with E-state index >= 15 is 0 Å². The van der Waals surface area contributed by atoms with E-state index in [1.807, 2.05) is 12.3 Å². The molecule has 1 unspecified atom stereocenters. The quantitative estimate of drug-likeness (QED) is 0.871. The Labute approximate surface area is 141 Å². The highest BCUT2D eigenvalue weighted by molar-refractivity contribution is 5.70. The van der Waals surface area contributed by atoms with E-state index in [0.717, 1.165) is 31.6 Å². The molecule has 0 radical (unpaired) electrons. The van der Waals surface area contributed by atoms with Crippen LogP contribution >= 0.6 is 0 Å². The third kappa shape index (κ3) is 2.87. The largest absolute Gasteiger partial charge is 0.439 e. The summed E-state index contributed by atoms with van der Waals surface area (Å²) in [4.78, 5) is 19.9. The highest BCUT2D eigenvalue weighted by Gasteiger charge is 2.48. The number of likely N-dealkylation sites (tertiary alicyclic amines) is 1. The van der Waals surface area contributed by atoms with Gasteiger partial charge in [0.25, 0.3) is 0 Å². The maximum absolute atomic E-state index is 11.7. The van der Waals surface area contributed by atoms with Gasteiger partial charge in [0.15, 0.2) is 0 Å². The molecular weight excluding hydrogens is 302 g/mol. The zero-order chi connectivity index (χ0) is 16.6. The first-order chi connectivity index (χ1) is 11.6. The van der Waals surface area contributed by atoms with E-state index in [0.29, 0.717) is 6.54 Å². The van der Waals surface area contributed by atoms with Crippen molar-refractivity contribution in [1.29, 1.82) is 0 Å². The molecular formula is C19H21N3O2. The van der Waals surface area contributed by atoms with Gasteiger partial charge < -0.3 is 9.64 Å². The van der Waals surface area contributed by atoms with Crippen LogP contribution in [0.3, 0.4) is 0 Å². The van der Waals surface area contributed by atoms with Gasteiger partial charge in [-0.15, -0.1) is 0 Å². The van der Waals surface area contributed by atoms with Crippen LogP contribution in [0, 0.1) is 0 Å². The van der Waals surface area contributed by atoms with Gasteiger partial charge in [0.1, 0.15) is 5.60 Å². The van der Waals surface area contributed by atoms with Crippen molar-refractivity contribution in [2.45, 2.75) is 18.6 Å². The third-order valence-electron chi connectivity index (χ3n) is 4.89. The number of likely N-dealkylation sites (N-methyl/N-ethyl adjacent to an activating group) is 1. The van der Waals surface area contributed by atoms with Gasteiger partial charge >= 0.3 is 6.09 Å². The fraction of sp³-hybridized carbons (Fsp3) is 0.368. The van der Waals surface area contributed by atoms with Crippen molar-refractivity contribution in [3.63, 3.8) is 0 Å². The van der Waals surface area contributed by atoms with Crippen molar-refractivity contribution < 1.29 is 9.53 Å². The first-order valence-electron chi connectivity index (χ1n) is 8.29. The second kappa shape index (κ2) is 5.91. The van der Waals surface area contributed by atoms with E-state index in [-0.39, 0.29) is 11.7 Å². The van der Waals surface area contributed by atoms with Crippen LogP contribution in [0.1, 0.15) is 12.0 Å². The van der Waals surface area contributed by atoms with Crippen LogP contribution in [0.15, 0.2) is 48.8 Å². The summed E-state index contributed by atoms with van der Waals surface area (Å²) in [5, 5.41) is 0. The Kier molecular flexibility index (Phi) is 3.73. The van der Waals surface area contributed by atoms with Crippen molar-refractivity contribution in [3.8, 4) is 11.1 Å². The Balaban J connectivity index is 1.41. The highest BCUT2D eigenvalue weighted by atomic mass is 16.6. The zero-order valence-electron chi connectivity index (χ0n) is 13.8. The summed E-state index contributed by atoms with van der Waals surface area (Å²) in [6.45, 7) is 3.36. The predicted octanol–water partition coefficient (Wildman–Crippen LogP) is 2.78. The molecule has 24 heavy (non-hydrogen) atoms. The smallest absolute Gasteiger partial charge is 0.410 e. The molecule has 0 N–H and O–H groups in total. The fourth-order valence-electron chi connectivity index (χ4n) is 3.66. The number of aromatic nitrogens is 1. The summed E-state index contributed by atoms with van der Waals surface area (Å²) < 4.78 is 5.61. The molecule has 5 heteroatoms. The number of amides is 1. The molecule has 1 spiro atoms. The van der Waals surface area contributed by atoms with E-state index < -0.39 is 0 Å². The fourth-order valence-corrected chi connectivity index (χ4v) is 3.66. The summed E-state index contributed by atoms with van der Waals surface area (Å²) in [5.41, 5.74) is 3.28. The predicted molar refractivity (Wildman–Crippen MR) is 91.4 cm³/mol. The molecule has 1 aromatic carbocycles. The van der Waals surface area contributed by atoms with Gasteiger partial charge in [-0.05, 0) is 22.8 Å². The number of carbonyl (C=O) groups is 1. The summed E-state index contributed by atoms with van der Waals surface area (Å²) >= 11 is 0. The van der Waals surface area contributed by atoms with Gasteiger partial charge in [0, 0.05) is 45.5 Å². The van der Waals surface area contributed by atoms with E-state index in [4.69, 9.17) is 4.74 Å². The standard InChI is InChI=1S/C19H21N3O2/c1-21-13-19(24-18(21)23)8-10-22(14-19)12-15-4-6-16(7-5-15)17-3-2-9-20-11-17/h2-7,9,11H,8,10,12-14H2,1H3. The van der Waals surface area contributed by atoms with Crippen LogP contribution in [0.4, 0.5) is 4.79 Å². The second-order valence-corrected chi connectivity index (χ2v) is 6.81. The molecule has 5 nitrogen and oxygen atoms in total. The molecule has 2 aliphatic rings. The van der Waals surface area contributed by atoms with Gasteiger partial charge in [-0.1, -0.05) is 30.3 Å². The average Bonchev–Trinajstić information content (AvgIpc) is 3.11. The number of ether oxygens (including phenoxy) is 1. The third-order valence-corrected chi connectivity index (χ3v) is 4.89. The van der Waals surface area contributed by atoms with Crippen LogP contribution < -0.4 is 0 Å². The maximum atomic E-state index is 11.7. The average molecular weight is 323 g/mol. The Morgan fingerprint density at radius 3 is 2.67 bits per heavy atom. The lowest BCUT2D eigenvalue weighted by atomic mass is 10.0. The van der Waals surface area contributed by atoms with Gasteiger partial charge in [-0.25, -0.2) is 4.79 Å². The number of hydrogen-bond donors (Lipinski definition) is 0. The molecule has 1 amide bonds. The molecule has 2 fully saturated rings. The minimum Gasteiger partial charge on any atom is -0.439 e. The SMILES string of the molecule is CN1CC2(CCN(Cc3ccc(-c4cccnc4)cc3)C2)OC1=O. The van der Waals surface area contributed by atoms with Crippen LogP contribution in [0.25, 0.3) is 11.1 Å². The molecule has 1 aromatic heterocycles. The molecule has 2 saturated heterocycles. The van der Waals surface area contributed by atoms with Crippen molar-refractivity contribution in [3.05, 3.63) is 54.4 Å². The van der Waals surface area contributed by atoms with Crippen molar-refractivity contribution in [2.24, 2.45) is 0 Å². The summed E-state index contributed by atoms with van der Waals surface area (Å²) in [7, 11) is 1.80. The second-order valence-electron chi connectivity index (χ2n) is 6.81. The van der Waals surface area contributed by atoms with Gasteiger partial charge in [0.05, 0.1) is 6.54 Å². The summed E-state index contributed by atoms with van der Waals surface area (Å²) in [5.74, 6) is 0. The van der Waals surface area contributed by atoms with Gasteiger partial charge in [-0.2, -0.15) is 0 Å². The number of hydrogen-bond acceptors (Lipinski definition) is 4. The Morgan fingerprint density at radius 2 is 2.00 bits per heavy atom. The van der Waals surface area contributed by atoms with Gasteiger partial charge in [-0.3, -0.25) is 9.88 Å². The molecule has 0 aliphatic carbocycles. The maximum Gasteiger partial charge on any atom is 0.410 e. The minimum atomic E-state index is -0.304. The molecule has 3 heterocycles. The normalized spacial score (nSPS) is 23.9. The summed E-state index contributed by atoms with van der Waals surface area (Å²) in [6.07, 6.45) is 4.38. The number of carbonyl (C=O) groups excluding carboxylic acids is 1. The molecule has 0 bridgehead atoms. The van der Waals surface area contributed by atoms with Crippen LogP contribution in [0.2, 0.25) is 0 Å². The van der Waals surface area contributed by atoms with E-state index in [1.54, 1.807) is 18.1 Å². The highest BCUT2D eigenvalue weighted by Crippen LogP contribution is 2.32. The molecule has 2 aromatic rings. The minimum absolute atomic E-state index is 0.197. The first-order valence-corrected chi connectivity index (χ1v) is 8.29. The van der Waals surface area contributed by atoms with E-state index in [2.05, 4.69) is 40.2 Å². The number of benzene rings is 1. The first kappa shape index (κ1) is 15.1. The van der Waals surface area contributed by atoms with Crippen molar-refractivity contribution >= 4 is 6.09 Å². The zero-order valence-corrected chi connectivity index (χ0v) is 13.8. The Bertz CT molecular complexity index is 732. The molecule has 1 atom stereocenters. The van der Waals surface area contributed by atoms with E-state index in [9.17, 15) is 4.79 Å². The monoisotopic (exact) mass is 323 g/mol. The topological polar surface area (TPSA) is 45.7 Å². The molecule has 0 saturated carbocycles. The lowest BCUT2D eigenvalue weighted by Gasteiger charge is -2.21. The summed E-state index contributed by atoms with van der Waals surface area (Å²) in [6, 6.07) is 12.6. The molecule has 2 aliphatic heterocycles. The van der Waals surface area contributed by atoms with Crippen LogP contribution in [-0.4, -0.2) is 53.2 Å². The molecule has 124 valence electrons. The van der Waals surface area contributed by atoms with Crippen LogP contribution in [-0.2, 0) is 11.3 Å². The van der Waals surface area contributed by atoms with Crippen LogP contribution in [0.5, 0.6) is 0 Å². The lowest BCUT2D eigenvalue weighted by molar-refractivity contribution is 0.0627. The van der Waals surface area contributed by atoms with Crippen molar-refractivity contribution in [1.82, 2.24) is 14.8 Å². The Hall–Kier alpha value is -2.40. The van der Waals surface area contributed by atoms with Gasteiger partial charge in [0.2, 0.25) is 0 Å². The number of nitrogens with zero attached hydrogens (tertiary/aromatic N) is 3. The number of rotatable bonds is 3. The Morgan fingerprint density at radius 1 is 1.17 bits per heavy atom. The lowest BCUT2D eigenvalue weighted by Crippen LogP contribution is -2.37.